The van der Waals surface area contributed by atoms with Gasteiger partial charge >= 0.3 is 6.18 Å². The number of furan rings is 1. The number of carbonyl (C=O) groups excluding carboxylic acids is 1. The molecule has 0 bridgehead atoms. The van der Waals surface area contributed by atoms with Gasteiger partial charge in [0.05, 0.1) is 23.8 Å². The van der Waals surface area contributed by atoms with Crippen LogP contribution in [0.4, 0.5) is 17.6 Å². The summed E-state index contributed by atoms with van der Waals surface area (Å²) in [4.78, 5) is 17.1. The van der Waals surface area contributed by atoms with Crippen LogP contribution in [0, 0.1) is 17.7 Å². The number of benzene rings is 1. The maximum absolute atomic E-state index is 14.1. The minimum absolute atomic E-state index is 0.126. The number of aliphatic hydroxyl groups excluding tert-OH is 1. The molecule has 3 aliphatic rings. The third-order valence-electron chi connectivity index (χ3n) is 7.35. The lowest BCUT2D eigenvalue weighted by atomic mass is 9.77. The number of nitrogens with zero attached hydrogens (tertiary/aromatic N) is 1. The first-order valence-corrected chi connectivity index (χ1v) is 12.0. The minimum Gasteiger partial charge on any atom is -0.510 e. The van der Waals surface area contributed by atoms with Gasteiger partial charge in [0, 0.05) is 23.8 Å². The predicted molar refractivity (Wildman–Crippen MR) is 127 cm³/mol. The van der Waals surface area contributed by atoms with Crippen LogP contribution in [0.5, 0.6) is 0 Å². The lowest BCUT2D eigenvalue weighted by Crippen LogP contribution is -2.32. The van der Waals surface area contributed by atoms with E-state index in [0.717, 1.165) is 11.6 Å². The number of aliphatic imine (C=N–C) groups is 1. The number of hydrogen-bond acceptors (Lipinski definition) is 4. The standard InChI is InChI=1S/C28H25F4NO3/c29-22-3-1-2-18(12-22)16-4-6-17(7-5-16)27(35)26-24(34)14-20-9-8-19(21-10-11-36-15-21)13-23(25(20)33-26)28(30,31)32/h1-3,8,10-13,15-17,20,35H,4-7,9,14H2. The van der Waals surface area contributed by atoms with E-state index >= 15 is 0 Å². The largest absolute Gasteiger partial charge is 0.510 e. The van der Waals surface area contributed by atoms with Crippen LogP contribution in [0.1, 0.15) is 55.6 Å². The highest BCUT2D eigenvalue weighted by atomic mass is 19.4. The molecule has 0 radical (unpaired) electrons. The van der Waals surface area contributed by atoms with Crippen LogP contribution in [0.15, 0.2) is 81.4 Å². The zero-order chi connectivity index (χ0) is 25.4. The van der Waals surface area contributed by atoms with Gasteiger partial charge in [0.25, 0.3) is 0 Å². The fourth-order valence-electron chi connectivity index (χ4n) is 5.44. The van der Waals surface area contributed by atoms with E-state index in [4.69, 9.17) is 4.42 Å². The van der Waals surface area contributed by atoms with Crippen molar-refractivity contribution in [3.8, 4) is 0 Å². The average molecular weight is 500 g/mol. The quantitative estimate of drug-likeness (QED) is 0.271. The SMILES string of the molecule is O=C1CC2CC=C(c3ccoc3)C=C(C(F)(F)F)C2=NC1=C(O)C1CCC(c2cccc(F)c2)CC1. The second kappa shape index (κ2) is 9.56. The highest BCUT2D eigenvalue weighted by Crippen LogP contribution is 2.42. The molecule has 188 valence electrons. The number of halogens is 4. The normalized spacial score (nSPS) is 26.4. The van der Waals surface area contributed by atoms with Crippen molar-refractivity contribution < 1.29 is 31.9 Å². The summed E-state index contributed by atoms with van der Waals surface area (Å²) in [5, 5.41) is 11.0. The van der Waals surface area contributed by atoms with Crippen molar-refractivity contribution in [1.29, 1.82) is 0 Å². The van der Waals surface area contributed by atoms with E-state index in [9.17, 15) is 27.5 Å². The van der Waals surface area contributed by atoms with Crippen LogP contribution in [0.2, 0.25) is 0 Å². The van der Waals surface area contributed by atoms with Crippen molar-refractivity contribution in [2.45, 2.75) is 50.6 Å². The second-order valence-corrected chi connectivity index (χ2v) is 9.62. The number of fused-ring (bicyclic) bond motifs is 1. The maximum atomic E-state index is 14.1. The molecule has 5 rings (SSSR count). The number of Topliss-reactive ketones (excluding diaryl/α,β-unsaturated/α-hetero) is 1. The Kier molecular flexibility index (Phi) is 6.45. The Morgan fingerprint density at radius 3 is 2.53 bits per heavy atom. The van der Waals surface area contributed by atoms with Crippen molar-refractivity contribution >= 4 is 17.1 Å². The van der Waals surface area contributed by atoms with Crippen molar-refractivity contribution in [3.63, 3.8) is 0 Å². The van der Waals surface area contributed by atoms with E-state index in [1.165, 1.54) is 24.7 Å². The van der Waals surface area contributed by atoms with Gasteiger partial charge in [-0.05, 0) is 73.4 Å². The summed E-state index contributed by atoms with van der Waals surface area (Å²) in [6, 6.07) is 8.00. The Bertz CT molecular complexity index is 1280. The molecule has 0 saturated heterocycles. The summed E-state index contributed by atoms with van der Waals surface area (Å²) >= 11 is 0. The fourth-order valence-corrected chi connectivity index (χ4v) is 5.44. The molecule has 8 heteroatoms. The van der Waals surface area contributed by atoms with Crippen LogP contribution < -0.4 is 0 Å². The molecule has 1 aromatic carbocycles. The topological polar surface area (TPSA) is 62.8 Å². The monoisotopic (exact) mass is 499 g/mol. The van der Waals surface area contributed by atoms with Gasteiger partial charge in [0.2, 0.25) is 0 Å². The number of rotatable bonds is 3. The highest BCUT2D eigenvalue weighted by Gasteiger charge is 2.43. The Labute approximate surface area is 205 Å². The van der Waals surface area contributed by atoms with E-state index in [1.807, 2.05) is 6.07 Å². The molecule has 1 N–H and O–H groups in total. The predicted octanol–water partition coefficient (Wildman–Crippen LogP) is 7.47. The molecule has 2 heterocycles. The summed E-state index contributed by atoms with van der Waals surface area (Å²) in [5.41, 5.74) is 0.355. The fraction of sp³-hybridized carbons (Fsp3) is 0.357. The van der Waals surface area contributed by atoms with Crippen molar-refractivity contribution in [2.75, 3.05) is 0 Å². The molecule has 1 atom stereocenters. The highest BCUT2D eigenvalue weighted by molar-refractivity contribution is 6.13. The lowest BCUT2D eigenvalue weighted by molar-refractivity contribution is -0.116. The van der Waals surface area contributed by atoms with Crippen LogP contribution in [0.3, 0.4) is 0 Å². The van der Waals surface area contributed by atoms with Crippen molar-refractivity contribution in [2.24, 2.45) is 16.8 Å². The number of hydrogen-bond donors (Lipinski definition) is 1. The van der Waals surface area contributed by atoms with E-state index in [0.29, 0.717) is 36.8 Å². The molecular formula is C28H25F4NO3. The van der Waals surface area contributed by atoms with E-state index < -0.39 is 23.5 Å². The van der Waals surface area contributed by atoms with Crippen LogP contribution in [0.25, 0.3) is 5.57 Å². The van der Waals surface area contributed by atoms with Gasteiger partial charge in [-0.3, -0.25) is 4.79 Å². The summed E-state index contributed by atoms with van der Waals surface area (Å²) in [5.74, 6) is -1.97. The Morgan fingerprint density at radius 2 is 1.86 bits per heavy atom. The van der Waals surface area contributed by atoms with Crippen LogP contribution in [-0.2, 0) is 4.79 Å². The molecule has 36 heavy (non-hydrogen) atoms. The summed E-state index contributed by atoms with van der Waals surface area (Å²) in [7, 11) is 0. The average Bonchev–Trinajstić information content (AvgIpc) is 3.32. The Balaban J connectivity index is 1.44. The van der Waals surface area contributed by atoms with E-state index in [-0.39, 0.29) is 47.7 Å². The second-order valence-electron chi connectivity index (χ2n) is 9.62. The van der Waals surface area contributed by atoms with Gasteiger partial charge in [-0.1, -0.05) is 18.2 Å². The van der Waals surface area contributed by atoms with Gasteiger partial charge in [0.15, 0.2) is 5.78 Å². The Hall–Kier alpha value is -3.42. The molecule has 1 fully saturated rings. The molecule has 1 aromatic heterocycles. The zero-order valence-electron chi connectivity index (χ0n) is 19.4. The van der Waals surface area contributed by atoms with Crippen LogP contribution >= 0.6 is 0 Å². The zero-order valence-corrected chi connectivity index (χ0v) is 19.4. The van der Waals surface area contributed by atoms with E-state index in [1.54, 1.807) is 18.2 Å². The van der Waals surface area contributed by atoms with Gasteiger partial charge in [0.1, 0.15) is 17.3 Å². The van der Waals surface area contributed by atoms with Gasteiger partial charge < -0.3 is 9.52 Å². The molecule has 0 spiro atoms. The number of aliphatic hydroxyl groups is 1. The number of alkyl halides is 3. The molecule has 1 unspecified atom stereocenters. The minimum atomic E-state index is -4.69. The Morgan fingerprint density at radius 1 is 1.08 bits per heavy atom. The van der Waals surface area contributed by atoms with Gasteiger partial charge in [-0.15, -0.1) is 0 Å². The molecular weight excluding hydrogens is 474 g/mol. The first kappa shape index (κ1) is 24.3. The molecule has 2 aromatic rings. The molecule has 0 amide bonds. The van der Waals surface area contributed by atoms with Crippen LogP contribution in [-0.4, -0.2) is 22.8 Å². The third kappa shape index (κ3) is 4.81. The number of ketones is 1. The van der Waals surface area contributed by atoms with Gasteiger partial charge in [-0.2, -0.15) is 13.2 Å². The first-order valence-electron chi connectivity index (χ1n) is 12.0. The number of carbonyl (C=O) groups is 1. The van der Waals surface area contributed by atoms with Crippen molar-refractivity contribution in [1.82, 2.24) is 0 Å². The summed E-state index contributed by atoms with van der Waals surface area (Å²) in [6.07, 6.45) is 3.25. The molecule has 1 aliphatic heterocycles. The summed E-state index contributed by atoms with van der Waals surface area (Å²) in [6.45, 7) is 0. The molecule has 4 nitrogen and oxygen atoms in total. The third-order valence-corrected chi connectivity index (χ3v) is 7.35. The van der Waals surface area contributed by atoms with Gasteiger partial charge in [-0.25, -0.2) is 9.38 Å². The van der Waals surface area contributed by atoms with E-state index in [2.05, 4.69) is 4.99 Å². The molecule has 1 saturated carbocycles. The summed E-state index contributed by atoms with van der Waals surface area (Å²) < 4.78 is 61.0. The van der Waals surface area contributed by atoms with Crippen molar-refractivity contribution in [3.05, 3.63) is 89.0 Å². The first-order chi connectivity index (χ1) is 17.2. The maximum Gasteiger partial charge on any atom is 0.418 e. The smallest absolute Gasteiger partial charge is 0.418 e. The number of allylic oxidation sites excluding steroid dienone is 6. The lowest BCUT2D eigenvalue weighted by Gasteiger charge is -2.30. The molecule has 2 aliphatic carbocycles.